The summed E-state index contributed by atoms with van der Waals surface area (Å²) in [6.45, 7) is 7.92. The normalized spacial score (nSPS) is 17.1. The van der Waals surface area contributed by atoms with Gasteiger partial charge < -0.3 is 5.32 Å². The minimum Gasteiger partial charge on any atom is -0.350 e. The van der Waals surface area contributed by atoms with Crippen molar-refractivity contribution in [2.24, 2.45) is 10.9 Å². The van der Waals surface area contributed by atoms with E-state index in [1.54, 1.807) is 0 Å². The van der Waals surface area contributed by atoms with Crippen LogP contribution in [0.2, 0.25) is 0 Å². The molecular formula is C8H12N2. The van der Waals surface area contributed by atoms with Crippen molar-refractivity contribution >= 4 is 5.84 Å². The Bertz CT molecular complexity index is 199. The van der Waals surface area contributed by atoms with E-state index in [1.165, 1.54) is 0 Å². The van der Waals surface area contributed by atoms with E-state index in [1.807, 2.05) is 12.3 Å². The van der Waals surface area contributed by atoms with E-state index >= 15 is 0 Å². The van der Waals surface area contributed by atoms with Crippen LogP contribution in [0.4, 0.5) is 0 Å². The zero-order valence-corrected chi connectivity index (χ0v) is 6.39. The third kappa shape index (κ3) is 1.47. The summed E-state index contributed by atoms with van der Waals surface area (Å²) < 4.78 is 0. The van der Waals surface area contributed by atoms with Gasteiger partial charge in [0, 0.05) is 12.1 Å². The lowest BCUT2D eigenvalue weighted by Gasteiger charge is -2.12. The third-order valence-electron chi connectivity index (χ3n) is 1.32. The number of rotatable bonds is 1. The summed E-state index contributed by atoms with van der Waals surface area (Å²) in [6.07, 6.45) is 3.72. The lowest BCUT2D eigenvalue weighted by Crippen LogP contribution is -2.25. The molecule has 0 aromatic carbocycles. The van der Waals surface area contributed by atoms with Crippen molar-refractivity contribution < 1.29 is 0 Å². The lowest BCUT2D eigenvalue weighted by atomic mass is 10.2. The highest BCUT2D eigenvalue weighted by molar-refractivity contribution is 5.86. The summed E-state index contributed by atoms with van der Waals surface area (Å²) >= 11 is 0. The maximum Gasteiger partial charge on any atom is 0.109 e. The molecule has 0 fully saturated rings. The van der Waals surface area contributed by atoms with Crippen LogP contribution in [0.1, 0.15) is 13.8 Å². The van der Waals surface area contributed by atoms with Crippen molar-refractivity contribution in [1.29, 1.82) is 0 Å². The molecular weight excluding hydrogens is 124 g/mol. The molecule has 0 radical (unpaired) electrons. The van der Waals surface area contributed by atoms with Gasteiger partial charge in [0.2, 0.25) is 0 Å². The van der Waals surface area contributed by atoms with E-state index in [2.05, 4.69) is 30.7 Å². The fourth-order valence-electron chi connectivity index (χ4n) is 0.743. The molecule has 10 heavy (non-hydrogen) atoms. The van der Waals surface area contributed by atoms with E-state index < -0.39 is 0 Å². The Hall–Kier alpha value is -1.05. The molecule has 0 aromatic heterocycles. The second-order valence-corrected chi connectivity index (χ2v) is 2.62. The van der Waals surface area contributed by atoms with Crippen molar-refractivity contribution in [3.63, 3.8) is 0 Å². The monoisotopic (exact) mass is 136 g/mol. The van der Waals surface area contributed by atoms with Gasteiger partial charge in [0.1, 0.15) is 5.84 Å². The SMILES string of the molecule is C=C1C=CNC(C(C)C)=N1. The van der Waals surface area contributed by atoms with Gasteiger partial charge in [0.15, 0.2) is 0 Å². The molecule has 0 aromatic rings. The molecule has 0 unspecified atom stereocenters. The molecule has 0 atom stereocenters. The molecule has 1 rings (SSSR count). The van der Waals surface area contributed by atoms with E-state index in [0.29, 0.717) is 5.92 Å². The summed E-state index contributed by atoms with van der Waals surface area (Å²) in [5.74, 6) is 1.44. The summed E-state index contributed by atoms with van der Waals surface area (Å²) in [7, 11) is 0. The molecule has 1 aliphatic rings. The largest absolute Gasteiger partial charge is 0.350 e. The molecule has 0 amide bonds. The van der Waals surface area contributed by atoms with Crippen molar-refractivity contribution in [3.05, 3.63) is 24.6 Å². The minimum absolute atomic E-state index is 0.446. The fourth-order valence-corrected chi connectivity index (χ4v) is 0.743. The fraction of sp³-hybridized carbons (Fsp3) is 0.375. The van der Waals surface area contributed by atoms with Gasteiger partial charge in [-0.05, 0) is 6.08 Å². The van der Waals surface area contributed by atoms with Crippen LogP contribution in [-0.2, 0) is 0 Å². The van der Waals surface area contributed by atoms with Crippen LogP contribution in [0.25, 0.3) is 0 Å². The van der Waals surface area contributed by atoms with Gasteiger partial charge in [0.05, 0.1) is 5.70 Å². The van der Waals surface area contributed by atoms with Crippen molar-refractivity contribution in [1.82, 2.24) is 5.32 Å². The number of hydrogen-bond acceptors (Lipinski definition) is 2. The van der Waals surface area contributed by atoms with Gasteiger partial charge in [-0.1, -0.05) is 20.4 Å². The van der Waals surface area contributed by atoms with Gasteiger partial charge in [-0.15, -0.1) is 0 Å². The number of nitrogens with one attached hydrogen (secondary N) is 1. The van der Waals surface area contributed by atoms with Gasteiger partial charge in [-0.3, -0.25) is 0 Å². The molecule has 1 heterocycles. The molecule has 1 aliphatic heterocycles. The predicted molar refractivity (Wildman–Crippen MR) is 43.7 cm³/mol. The third-order valence-corrected chi connectivity index (χ3v) is 1.32. The molecule has 1 N–H and O–H groups in total. The Kier molecular flexibility index (Phi) is 1.90. The van der Waals surface area contributed by atoms with E-state index in [0.717, 1.165) is 11.5 Å². The summed E-state index contributed by atoms with van der Waals surface area (Å²) in [5, 5.41) is 3.06. The Morgan fingerprint density at radius 2 is 2.30 bits per heavy atom. The molecule has 0 saturated heterocycles. The highest BCUT2D eigenvalue weighted by Gasteiger charge is 2.05. The Labute approximate surface area is 61.4 Å². The highest BCUT2D eigenvalue weighted by Crippen LogP contribution is 2.04. The molecule has 0 bridgehead atoms. The zero-order valence-electron chi connectivity index (χ0n) is 6.39. The standard InChI is InChI=1S/C8H12N2/c1-6(2)8-9-5-4-7(3)10-8/h4-6H,3H2,1-2H3,(H,9,10). The van der Waals surface area contributed by atoms with Crippen molar-refractivity contribution in [2.75, 3.05) is 0 Å². The quantitative estimate of drug-likeness (QED) is 0.582. The first-order valence-electron chi connectivity index (χ1n) is 3.40. The van der Waals surface area contributed by atoms with Crippen LogP contribution in [0.3, 0.4) is 0 Å². The van der Waals surface area contributed by atoms with Crippen LogP contribution in [0.5, 0.6) is 0 Å². The molecule has 2 heteroatoms. The first-order chi connectivity index (χ1) is 4.70. The van der Waals surface area contributed by atoms with Gasteiger partial charge in [-0.25, -0.2) is 4.99 Å². The van der Waals surface area contributed by atoms with Crippen LogP contribution in [0.15, 0.2) is 29.5 Å². The summed E-state index contributed by atoms with van der Waals surface area (Å²) in [5.41, 5.74) is 0.822. The second-order valence-electron chi connectivity index (χ2n) is 2.62. The van der Waals surface area contributed by atoms with Gasteiger partial charge in [0.25, 0.3) is 0 Å². The number of aliphatic imine (C=N–C) groups is 1. The van der Waals surface area contributed by atoms with Crippen LogP contribution >= 0.6 is 0 Å². The molecule has 0 spiro atoms. The van der Waals surface area contributed by atoms with E-state index in [9.17, 15) is 0 Å². The van der Waals surface area contributed by atoms with Crippen LogP contribution in [-0.4, -0.2) is 5.84 Å². The van der Waals surface area contributed by atoms with E-state index in [-0.39, 0.29) is 0 Å². The zero-order chi connectivity index (χ0) is 7.56. The predicted octanol–water partition coefficient (Wildman–Crippen LogP) is 1.67. The number of nitrogens with zero attached hydrogens (tertiary/aromatic N) is 1. The van der Waals surface area contributed by atoms with E-state index in [4.69, 9.17) is 0 Å². The molecule has 2 nitrogen and oxygen atoms in total. The topological polar surface area (TPSA) is 24.4 Å². The van der Waals surface area contributed by atoms with Gasteiger partial charge >= 0.3 is 0 Å². The number of hydrogen-bond donors (Lipinski definition) is 1. The number of amidine groups is 1. The Morgan fingerprint density at radius 1 is 1.60 bits per heavy atom. The maximum atomic E-state index is 4.21. The van der Waals surface area contributed by atoms with Crippen LogP contribution < -0.4 is 5.32 Å². The summed E-state index contributed by atoms with van der Waals surface area (Å²) in [6, 6.07) is 0. The molecule has 0 saturated carbocycles. The smallest absolute Gasteiger partial charge is 0.109 e. The van der Waals surface area contributed by atoms with Crippen molar-refractivity contribution in [3.8, 4) is 0 Å². The van der Waals surface area contributed by atoms with Crippen molar-refractivity contribution in [2.45, 2.75) is 13.8 Å². The minimum atomic E-state index is 0.446. The van der Waals surface area contributed by atoms with Crippen LogP contribution in [0, 0.1) is 5.92 Å². The molecule has 54 valence electrons. The first kappa shape index (κ1) is 7.06. The second kappa shape index (κ2) is 2.69. The Balaban J connectivity index is 2.71. The lowest BCUT2D eigenvalue weighted by molar-refractivity contribution is 0.841. The first-order valence-corrected chi connectivity index (χ1v) is 3.40. The Morgan fingerprint density at radius 3 is 2.70 bits per heavy atom. The number of allylic oxidation sites excluding steroid dienone is 1. The summed E-state index contributed by atoms with van der Waals surface area (Å²) in [4.78, 5) is 4.21. The average Bonchev–Trinajstić information content (AvgIpc) is 1.88. The maximum absolute atomic E-state index is 4.21. The average molecular weight is 136 g/mol. The van der Waals surface area contributed by atoms with Gasteiger partial charge in [-0.2, -0.15) is 0 Å². The molecule has 0 aliphatic carbocycles. The highest BCUT2D eigenvalue weighted by atomic mass is 15.0.